The zero-order chi connectivity index (χ0) is 18.8. The standard InChI is InChI=1S/C23H23N3O/c1-15(2)27-23-11-5-8-17(12-18(23)14-24)21-13-22(26-25-21)20-10-4-7-16-6-3-9-19(16)20/h4,7-8,10-12,15H,3,5-6,9,13H2,1-2H3. The van der Waals surface area contributed by atoms with Crippen LogP contribution in [0.1, 0.15) is 49.8 Å². The van der Waals surface area contributed by atoms with Gasteiger partial charge in [0.1, 0.15) is 11.8 Å². The van der Waals surface area contributed by atoms with Crippen LogP contribution in [0.2, 0.25) is 0 Å². The Bertz CT molecular complexity index is 968. The molecule has 0 saturated heterocycles. The normalized spacial score (nSPS) is 18.7. The minimum Gasteiger partial charge on any atom is -0.490 e. The van der Waals surface area contributed by atoms with Gasteiger partial charge < -0.3 is 4.74 Å². The van der Waals surface area contributed by atoms with Crippen molar-refractivity contribution in [2.24, 2.45) is 10.2 Å². The molecule has 0 atom stereocenters. The summed E-state index contributed by atoms with van der Waals surface area (Å²) >= 11 is 0. The summed E-state index contributed by atoms with van der Waals surface area (Å²) < 4.78 is 5.79. The first-order valence-corrected chi connectivity index (χ1v) is 9.59. The van der Waals surface area contributed by atoms with E-state index in [1.54, 1.807) is 0 Å². The second-order valence-electron chi connectivity index (χ2n) is 7.37. The van der Waals surface area contributed by atoms with Crippen molar-refractivity contribution in [2.75, 3.05) is 0 Å². The van der Waals surface area contributed by atoms with Crippen molar-refractivity contribution in [3.05, 3.63) is 70.0 Å². The van der Waals surface area contributed by atoms with E-state index < -0.39 is 0 Å². The van der Waals surface area contributed by atoms with Crippen LogP contribution < -0.4 is 0 Å². The summed E-state index contributed by atoms with van der Waals surface area (Å²) in [5.41, 5.74) is 7.60. The average Bonchev–Trinajstić information content (AvgIpc) is 3.28. The highest BCUT2D eigenvalue weighted by atomic mass is 16.5. The summed E-state index contributed by atoms with van der Waals surface area (Å²) in [7, 11) is 0. The summed E-state index contributed by atoms with van der Waals surface area (Å²) in [5.74, 6) is 0.652. The number of rotatable bonds is 4. The number of allylic oxidation sites excluding steroid dienone is 5. The van der Waals surface area contributed by atoms with E-state index in [1.165, 1.54) is 23.1 Å². The van der Waals surface area contributed by atoms with Crippen molar-refractivity contribution in [1.29, 1.82) is 5.26 Å². The molecule has 4 rings (SSSR count). The summed E-state index contributed by atoms with van der Waals surface area (Å²) in [6.07, 6.45) is 10.9. The molecule has 0 radical (unpaired) electrons. The Morgan fingerprint density at radius 2 is 1.96 bits per heavy atom. The zero-order valence-electron chi connectivity index (χ0n) is 15.8. The Morgan fingerprint density at radius 3 is 2.78 bits per heavy atom. The van der Waals surface area contributed by atoms with E-state index in [-0.39, 0.29) is 6.10 Å². The van der Waals surface area contributed by atoms with E-state index in [4.69, 9.17) is 4.74 Å². The molecular weight excluding hydrogens is 334 g/mol. The maximum atomic E-state index is 9.56. The summed E-state index contributed by atoms with van der Waals surface area (Å²) in [6, 6.07) is 8.77. The topological polar surface area (TPSA) is 57.7 Å². The second kappa shape index (κ2) is 7.36. The Kier molecular flexibility index (Phi) is 4.77. The van der Waals surface area contributed by atoms with Gasteiger partial charge in [-0.15, -0.1) is 0 Å². The summed E-state index contributed by atoms with van der Waals surface area (Å²) in [6.45, 7) is 3.93. The van der Waals surface area contributed by atoms with Crippen LogP contribution in [-0.2, 0) is 17.6 Å². The van der Waals surface area contributed by atoms with Crippen molar-refractivity contribution in [1.82, 2.24) is 0 Å². The second-order valence-corrected chi connectivity index (χ2v) is 7.37. The zero-order valence-corrected chi connectivity index (χ0v) is 15.8. The molecule has 27 heavy (non-hydrogen) atoms. The molecule has 1 aromatic rings. The van der Waals surface area contributed by atoms with Crippen LogP contribution in [0.3, 0.4) is 0 Å². The van der Waals surface area contributed by atoms with E-state index in [9.17, 15) is 5.26 Å². The number of hydrogen-bond acceptors (Lipinski definition) is 4. The molecular formula is C23H23N3O. The van der Waals surface area contributed by atoms with Gasteiger partial charge in [-0.3, -0.25) is 0 Å². The van der Waals surface area contributed by atoms with Gasteiger partial charge in [0.05, 0.1) is 23.1 Å². The molecule has 3 aliphatic rings. The molecule has 4 nitrogen and oxygen atoms in total. The number of benzene rings is 1. The number of fused-ring (bicyclic) bond motifs is 1. The van der Waals surface area contributed by atoms with Gasteiger partial charge >= 0.3 is 0 Å². The van der Waals surface area contributed by atoms with Gasteiger partial charge in [0.2, 0.25) is 0 Å². The van der Waals surface area contributed by atoms with Crippen molar-refractivity contribution in [3.63, 3.8) is 0 Å². The van der Waals surface area contributed by atoms with Crippen LogP contribution in [0.5, 0.6) is 0 Å². The number of nitriles is 1. The largest absolute Gasteiger partial charge is 0.490 e. The van der Waals surface area contributed by atoms with E-state index >= 15 is 0 Å². The average molecular weight is 357 g/mol. The highest BCUT2D eigenvalue weighted by molar-refractivity contribution is 6.21. The van der Waals surface area contributed by atoms with Crippen molar-refractivity contribution in [3.8, 4) is 6.07 Å². The Labute approximate surface area is 160 Å². The van der Waals surface area contributed by atoms with Crippen LogP contribution >= 0.6 is 0 Å². The van der Waals surface area contributed by atoms with Gasteiger partial charge in [-0.05, 0) is 68.4 Å². The Morgan fingerprint density at radius 1 is 1.11 bits per heavy atom. The van der Waals surface area contributed by atoms with Crippen LogP contribution in [0.15, 0.2) is 63.5 Å². The Hall–Kier alpha value is -2.93. The number of nitrogens with zero attached hydrogens (tertiary/aromatic N) is 3. The Balaban J connectivity index is 1.55. The molecule has 0 unspecified atom stereocenters. The lowest BCUT2D eigenvalue weighted by molar-refractivity contribution is 0.155. The fourth-order valence-corrected chi connectivity index (χ4v) is 3.89. The van der Waals surface area contributed by atoms with Crippen LogP contribution in [0, 0.1) is 11.3 Å². The molecule has 0 amide bonds. The SMILES string of the molecule is CC(C)OC1=CCC=C(C2=NN=C(c3cccc4c3CCC4)C2)C=C1C#N. The maximum Gasteiger partial charge on any atom is 0.133 e. The van der Waals surface area contributed by atoms with Crippen LogP contribution in [-0.4, -0.2) is 17.5 Å². The van der Waals surface area contributed by atoms with Gasteiger partial charge in [-0.2, -0.15) is 15.5 Å². The lowest BCUT2D eigenvalue weighted by Crippen LogP contribution is -2.08. The van der Waals surface area contributed by atoms with Gasteiger partial charge in [-0.1, -0.05) is 24.3 Å². The molecule has 136 valence electrons. The van der Waals surface area contributed by atoms with Gasteiger partial charge in [0, 0.05) is 12.0 Å². The molecule has 0 aromatic heterocycles. The quantitative estimate of drug-likeness (QED) is 0.776. The molecule has 0 fully saturated rings. The van der Waals surface area contributed by atoms with E-state index in [0.29, 0.717) is 24.2 Å². The highest BCUT2D eigenvalue weighted by Crippen LogP contribution is 2.29. The first kappa shape index (κ1) is 17.5. The van der Waals surface area contributed by atoms with E-state index in [0.717, 1.165) is 29.8 Å². The van der Waals surface area contributed by atoms with E-state index in [2.05, 4.69) is 40.5 Å². The summed E-state index contributed by atoms with van der Waals surface area (Å²) in [4.78, 5) is 0. The maximum absolute atomic E-state index is 9.56. The molecule has 1 aromatic carbocycles. The minimum atomic E-state index is 0.0356. The minimum absolute atomic E-state index is 0.0356. The summed E-state index contributed by atoms with van der Waals surface area (Å²) in [5, 5.41) is 18.5. The smallest absolute Gasteiger partial charge is 0.133 e. The van der Waals surface area contributed by atoms with Gasteiger partial charge in [0.25, 0.3) is 0 Å². The van der Waals surface area contributed by atoms with E-state index in [1.807, 2.05) is 26.0 Å². The lowest BCUT2D eigenvalue weighted by atomic mass is 9.95. The number of hydrogen-bond donors (Lipinski definition) is 0. The monoisotopic (exact) mass is 357 g/mol. The van der Waals surface area contributed by atoms with Crippen LogP contribution in [0.25, 0.3) is 0 Å². The third-order valence-electron chi connectivity index (χ3n) is 5.11. The third kappa shape index (κ3) is 3.50. The van der Waals surface area contributed by atoms with Crippen LogP contribution in [0.4, 0.5) is 0 Å². The number of ether oxygens (including phenoxy) is 1. The van der Waals surface area contributed by atoms with Gasteiger partial charge in [-0.25, -0.2) is 0 Å². The molecule has 0 N–H and O–H groups in total. The lowest BCUT2D eigenvalue weighted by Gasteiger charge is -2.12. The molecule has 2 aliphatic carbocycles. The molecule has 1 aliphatic heterocycles. The van der Waals surface area contributed by atoms with Crippen molar-refractivity contribution < 1.29 is 4.74 Å². The predicted molar refractivity (Wildman–Crippen MR) is 108 cm³/mol. The van der Waals surface area contributed by atoms with Gasteiger partial charge in [0.15, 0.2) is 0 Å². The number of aryl methyl sites for hydroxylation is 1. The van der Waals surface area contributed by atoms with Crippen molar-refractivity contribution >= 4 is 11.4 Å². The molecule has 4 heteroatoms. The fraction of sp³-hybridized carbons (Fsp3) is 0.348. The highest BCUT2D eigenvalue weighted by Gasteiger charge is 2.23. The fourth-order valence-electron chi connectivity index (χ4n) is 3.89. The molecule has 0 bridgehead atoms. The first-order chi connectivity index (χ1) is 13.2. The third-order valence-corrected chi connectivity index (χ3v) is 5.11. The molecule has 0 spiro atoms. The predicted octanol–water partition coefficient (Wildman–Crippen LogP) is 4.81. The first-order valence-electron chi connectivity index (χ1n) is 9.59. The molecule has 1 heterocycles. The van der Waals surface area contributed by atoms with Crippen molar-refractivity contribution in [2.45, 2.75) is 52.1 Å². The molecule has 0 saturated carbocycles.